The molecule has 2 fully saturated rings. The number of nitrogens with zero attached hydrogens (tertiary/aromatic N) is 1. The molecule has 1 saturated carbocycles. The topological polar surface area (TPSA) is 54.5 Å². The second kappa shape index (κ2) is 9.75. The lowest BCUT2D eigenvalue weighted by Crippen LogP contribution is -2.38. The molecule has 4 nitrogen and oxygen atoms in total. The fourth-order valence-electron chi connectivity index (χ4n) is 3.51. The van der Waals surface area contributed by atoms with E-state index in [4.69, 9.17) is 0 Å². The summed E-state index contributed by atoms with van der Waals surface area (Å²) in [6.07, 6.45) is 7.13. The third-order valence-electron chi connectivity index (χ3n) is 4.88. The second-order valence-corrected chi connectivity index (χ2v) is 9.35. The quantitative estimate of drug-likeness (QED) is 0.693. The Bertz CT molecular complexity index is 476. The normalized spacial score (nSPS) is 27.1. The number of ketones is 1. The van der Waals surface area contributed by atoms with Gasteiger partial charge in [-0.2, -0.15) is 11.8 Å². The summed E-state index contributed by atoms with van der Waals surface area (Å²) in [6, 6.07) is 0. The Morgan fingerprint density at radius 3 is 2.04 bits per heavy atom. The minimum atomic E-state index is -0.274. The Morgan fingerprint density at radius 2 is 1.64 bits per heavy atom. The first-order valence-electron chi connectivity index (χ1n) is 9.56. The van der Waals surface area contributed by atoms with Gasteiger partial charge in [0.1, 0.15) is 5.78 Å². The molecule has 1 unspecified atom stereocenters. The predicted molar refractivity (Wildman–Crippen MR) is 105 cm³/mol. The molecular formula is C20H35NO3S. The Morgan fingerprint density at radius 1 is 1.12 bits per heavy atom. The highest BCUT2D eigenvalue weighted by Crippen LogP contribution is 2.35. The van der Waals surface area contributed by atoms with E-state index in [-0.39, 0.29) is 28.4 Å². The number of thioether (sulfide) groups is 1. The predicted octanol–water partition coefficient (Wildman–Crippen LogP) is 4.31. The van der Waals surface area contributed by atoms with Gasteiger partial charge < -0.3 is 0 Å². The fourth-order valence-corrected chi connectivity index (χ4v) is 4.14. The van der Waals surface area contributed by atoms with E-state index in [0.717, 1.165) is 25.7 Å². The minimum absolute atomic E-state index is 0.0228. The van der Waals surface area contributed by atoms with E-state index in [0.29, 0.717) is 24.7 Å². The molecule has 5 heteroatoms. The average molecular weight is 370 g/mol. The summed E-state index contributed by atoms with van der Waals surface area (Å²) in [6.45, 7) is 10.7. The van der Waals surface area contributed by atoms with Crippen molar-refractivity contribution in [1.82, 2.24) is 4.90 Å². The standard InChI is InChI=1S/C17H27NO3S.C3H8/c1-17(2,3)15(20)12-7-5-11(6-8-12)10-18-14(19)9-13(22-4)16(18)21;1-3-2/h11-13H,5-10H2,1-4H3;3H2,1-2H3. The average Bonchev–Trinajstić information content (AvgIpc) is 2.82. The maximum Gasteiger partial charge on any atom is 0.242 e. The second-order valence-electron chi connectivity index (χ2n) is 8.31. The number of likely N-dealkylation sites (tertiary alicyclic amines) is 1. The van der Waals surface area contributed by atoms with Gasteiger partial charge >= 0.3 is 0 Å². The summed E-state index contributed by atoms with van der Waals surface area (Å²) in [5.41, 5.74) is -0.274. The van der Waals surface area contributed by atoms with Crippen molar-refractivity contribution in [1.29, 1.82) is 0 Å². The molecular weight excluding hydrogens is 334 g/mol. The highest BCUT2D eigenvalue weighted by atomic mass is 32.2. The molecule has 0 aromatic carbocycles. The minimum Gasteiger partial charge on any atom is -0.299 e. The SMILES string of the molecule is CCC.CSC1CC(=O)N(CC2CCC(C(=O)C(C)(C)C)CC2)C1=O. The third-order valence-corrected chi connectivity index (χ3v) is 5.82. The monoisotopic (exact) mass is 369 g/mol. The first-order valence-corrected chi connectivity index (χ1v) is 10.9. The third kappa shape index (κ3) is 6.12. The smallest absolute Gasteiger partial charge is 0.242 e. The molecule has 25 heavy (non-hydrogen) atoms. The van der Waals surface area contributed by atoms with E-state index in [2.05, 4.69) is 13.8 Å². The van der Waals surface area contributed by atoms with Gasteiger partial charge in [-0.3, -0.25) is 19.3 Å². The number of rotatable bonds is 4. The van der Waals surface area contributed by atoms with E-state index >= 15 is 0 Å². The maximum absolute atomic E-state index is 12.3. The van der Waals surface area contributed by atoms with Gasteiger partial charge in [-0.05, 0) is 37.9 Å². The summed E-state index contributed by atoms with van der Waals surface area (Å²) in [5, 5.41) is -0.189. The number of amides is 2. The van der Waals surface area contributed by atoms with Crippen molar-refractivity contribution in [3.8, 4) is 0 Å². The van der Waals surface area contributed by atoms with Crippen LogP contribution in [0, 0.1) is 17.3 Å². The molecule has 0 aromatic rings. The lowest BCUT2D eigenvalue weighted by molar-refractivity contribution is -0.140. The number of carbonyl (C=O) groups excluding carboxylic acids is 3. The zero-order valence-corrected chi connectivity index (χ0v) is 17.6. The van der Waals surface area contributed by atoms with Crippen LogP contribution in [-0.2, 0) is 14.4 Å². The Labute approximate surface area is 157 Å². The molecule has 2 rings (SSSR count). The maximum atomic E-state index is 12.3. The van der Waals surface area contributed by atoms with Gasteiger partial charge in [0.15, 0.2) is 0 Å². The zero-order valence-electron chi connectivity index (χ0n) is 16.8. The molecule has 1 aliphatic carbocycles. The van der Waals surface area contributed by atoms with Crippen molar-refractivity contribution in [2.75, 3.05) is 12.8 Å². The van der Waals surface area contributed by atoms with Crippen LogP contribution in [0.3, 0.4) is 0 Å². The van der Waals surface area contributed by atoms with Crippen molar-refractivity contribution in [2.24, 2.45) is 17.3 Å². The summed E-state index contributed by atoms with van der Waals surface area (Å²) >= 11 is 1.46. The highest BCUT2D eigenvalue weighted by molar-refractivity contribution is 8.00. The van der Waals surface area contributed by atoms with E-state index in [9.17, 15) is 14.4 Å². The van der Waals surface area contributed by atoms with Crippen LogP contribution in [0.5, 0.6) is 0 Å². The van der Waals surface area contributed by atoms with Crippen LogP contribution >= 0.6 is 11.8 Å². The Kier molecular flexibility index (Phi) is 8.66. The molecule has 1 aliphatic heterocycles. The van der Waals surface area contributed by atoms with Crippen LogP contribution in [0.15, 0.2) is 0 Å². The number of carbonyl (C=O) groups is 3. The molecule has 1 saturated heterocycles. The van der Waals surface area contributed by atoms with Crippen molar-refractivity contribution in [3.63, 3.8) is 0 Å². The van der Waals surface area contributed by atoms with Crippen LogP contribution < -0.4 is 0 Å². The van der Waals surface area contributed by atoms with Crippen molar-refractivity contribution < 1.29 is 14.4 Å². The van der Waals surface area contributed by atoms with Gasteiger partial charge in [0, 0.05) is 24.3 Å². The molecule has 2 aliphatic rings. The molecule has 2 amide bonds. The Balaban J connectivity index is 0.000000970. The van der Waals surface area contributed by atoms with Gasteiger partial charge in [0.25, 0.3) is 0 Å². The highest BCUT2D eigenvalue weighted by Gasteiger charge is 2.40. The van der Waals surface area contributed by atoms with Crippen LogP contribution in [0.1, 0.15) is 73.1 Å². The zero-order chi connectivity index (χ0) is 19.2. The molecule has 1 atom stereocenters. The number of hydrogen-bond acceptors (Lipinski definition) is 4. The number of Topliss-reactive ketones (excluding diaryl/α,β-unsaturated/α-hetero) is 1. The molecule has 0 aromatic heterocycles. The van der Waals surface area contributed by atoms with Crippen LogP contribution in [0.2, 0.25) is 0 Å². The molecule has 1 heterocycles. The molecule has 144 valence electrons. The summed E-state index contributed by atoms with van der Waals surface area (Å²) < 4.78 is 0. The number of imide groups is 1. The lowest BCUT2D eigenvalue weighted by atomic mass is 9.73. The van der Waals surface area contributed by atoms with Gasteiger partial charge in [-0.15, -0.1) is 0 Å². The van der Waals surface area contributed by atoms with Gasteiger partial charge in [0.05, 0.1) is 5.25 Å². The van der Waals surface area contributed by atoms with E-state index in [1.807, 2.05) is 27.0 Å². The van der Waals surface area contributed by atoms with Gasteiger partial charge in [-0.25, -0.2) is 0 Å². The number of hydrogen-bond donors (Lipinski definition) is 0. The van der Waals surface area contributed by atoms with Crippen molar-refractivity contribution >= 4 is 29.4 Å². The Hall–Kier alpha value is -0.840. The largest absolute Gasteiger partial charge is 0.299 e. The molecule has 0 N–H and O–H groups in total. The summed E-state index contributed by atoms with van der Waals surface area (Å²) in [7, 11) is 0. The van der Waals surface area contributed by atoms with Gasteiger partial charge in [-0.1, -0.05) is 41.0 Å². The van der Waals surface area contributed by atoms with E-state index < -0.39 is 0 Å². The summed E-state index contributed by atoms with van der Waals surface area (Å²) in [4.78, 5) is 37.9. The van der Waals surface area contributed by atoms with E-state index in [1.165, 1.54) is 23.1 Å². The first kappa shape index (κ1) is 22.2. The van der Waals surface area contributed by atoms with E-state index in [1.54, 1.807) is 0 Å². The molecule has 0 spiro atoms. The van der Waals surface area contributed by atoms with Crippen molar-refractivity contribution in [3.05, 3.63) is 0 Å². The van der Waals surface area contributed by atoms with Crippen LogP contribution in [0.25, 0.3) is 0 Å². The van der Waals surface area contributed by atoms with Gasteiger partial charge in [0.2, 0.25) is 11.8 Å². The van der Waals surface area contributed by atoms with Crippen molar-refractivity contribution in [2.45, 2.75) is 78.4 Å². The van der Waals surface area contributed by atoms with Crippen LogP contribution in [-0.4, -0.2) is 40.5 Å². The lowest BCUT2D eigenvalue weighted by Gasteiger charge is -2.32. The van der Waals surface area contributed by atoms with Crippen LogP contribution in [0.4, 0.5) is 0 Å². The molecule has 0 bridgehead atoms. The fraction of sp³-hybridized carbons (Fsp3) is 0.850. The summed E-state index contributed by atoms with van der Waals surface area (Å²) in [5.74, 6) is 0.807. The first-order chi connectivity index (χ1) is 11.6. The molecule has 0 radical (unpaired) electrons.